The molecule has 1 N–H and O–H groups in total. The van der Waals surface area contributed by atoms with Gasteiger partial charge >= 0.3 is 5.97 Å². The number of anilines is 1. The topological polar surface area (TPSA) is 86.1 Å². The molecule has 0 radical (unpaired) electrons. The zero-order chi connectivity index (χ0) is 24.4. The van der Waals surface area contributed by atoms with Crippen molar-refractivity contribution in [3.05, 3.63) is 70.0 Å². The fourth-order valence-corrected chi connectivity index (χ4v) is 5.16. The van der Waals surface area contributed by atoms with Crippen LogP contribution in [0.1, 0.15) is 23.6 Å². The summed E-state index contributed by atoms with van der Waals surface area (Å²) in [6.07, 6.45) is 3.48. The van der Waals surface area contributed by atoms with E-state index >= 15 is 0 Å². The minimum atomic E-state index is -0.405. The normalized spacial score (nSPS) is 11.0. The second-order valence-corrected chi connectivity index (χ2v) is 9.71. The van der Waals surface area contributed by atoms with Crippen molar-refractivity contribution in [2.45, 2.75) is 32.9 Å². The molecule has 0 aliphatic rings. The Hall–Kier alpha value is -3.17. The number of aryl methyl sites for hydroxylation is 3. The molecule has 2 aromatic heterocycles. The first-order valence-corrected chi connectivity index (χ1v) is 12.3. The molecule has 4 aromatic rings. The number of hydrogen-bond acceptors (Lipinski definition) is 6. The summed E-state index contributed by atoms with van der Waals surface area (Å²) in [5.74, 6) is -0.0195. The Morgan fingerprint density at radius 2 is 1.85 bits per heavy atom. The van der Waals surface area contributed by atoms with E-state index in [2.05, 4.69) is 63.7 Å². The maximum absolute atomic E-state index is 12.8. The van der Waals surface area contributed by atoms with Crippen molar-refractivity contribution >= 4 is 56.3 Å². The van der Waals surface area contributed by atoms with Gasteiger partial charge < -0.3 is 10.1 Å². The van der Waals surface area contributed by atoms with Crippen LogP contribution in [-0.4, -0.2) is 32.2 Å². The zero-order valence-corrected chi connectivity index (χ0v) is 21.6. The summed E-state index contributed by atoms with van der Waals surface area (Å²) in [6.45, 7) is 7.58. The highest BCUT2D eigenvalue weighted by Crippen LogP contribution is 2.32. The molecule has 2 aromatic carbocycles. The van der Waals surface area contributed by atoms with Crippen LogP contribution in [0.15, 0.2) is 58.4 Å². The number of thioether (sulfide) groups is 1. The second kappa shape index (κ2) is 9.99. The molecule has 2 heterocycles. The molecule has 0 saturated heterocycles. The summed E-state index contributed by atoms with van der Waals surface area (Å²) in [5, 5.41) is 3.61. The summed E-state index contributed by atoms with van der Waals surface area (Å²) in [7, 11) is 0. The molecule has 34 heavy (non-hydrogen) atoms. The average Bonchev–Trinajstić information content (AvgIpc) is 3.11. The van der Waals surface area contributed by atoms with Crippen molar-refractivity contribution in [1.29, 1.82) is 0 Å². The van der Waals surface area contributed by atoms with Crippen molar-refractivity contribution in [2.24, 2.45) is 0 Å². The van der Waals surface area contributed by atoms with Crippen LogP contribution in [0.4, 0.5) is 5.69 Å². The maximum Gasteiger partial charge on any atom is 0.308 e. The molecular weight excluding hydrogens is 516 g/mol. The van der Waals surface area contributed by atoms with Gasteiger partial charge in [-0.2, -0.15) is 0 Å². The lowest BCUT2D eigenvalue weighted by Crippen LogP contribution is -2.15. The number of imidazole rings is 1. The van der Waals surface area contributed by atoms with Crippen LogP contribution in [0, 0.1) is 20.8 Å². The van der Waals surface area contributed by atoms with Gasteiger partial charge in [0.05, 0.1) is 28.8 Å². The summed E-state index contributed by atoms with van der Waals surface area (Å²) in [6, 6.07) is 11.2. The van der Waals surface area contributed by atoms with Gasteiger partial charge in [-0.05, 0) is 72.1 Å². The fraction of sp³-hybridized carbons (Fsp3) is 0.200. The van der Waals surface area contributed by atoms with Crippen LogP contribution in [0.3, 0.4) is 0 Å². The number of nitrogens with zero attached hydrogens (tertiary/aromatic N) is 3. The van der Waals surface area contributed by atoms with Gasteiger partial charge in [-0.1, -0.05) is 29.5 Å². The van der Waals surface area contributed by atoms with Gasteiger partial charge in [0, 0.05) is 17.6 Å². The van der Waals surface area contributed by atoms with Gasteiger partial charge in [-0.3, -0.25) is 19.1 Å². The van der Waals surface area contributed by atoms with E-state index in [1.54, 1.807) is 30.6 Å². The lowest BCUT2D eigenvalue weighted by molar-refractivity contribution is -0.131. The van der Waals surface area contributed by atoms with E-state index in [1.165, 1.54) is 24.2 Å². The molecule has 0 aliphatic heterocycles. The molecule has 174 valence electrons. The Morgan fingerprint density at radius 1 is 1.12 bits per heavy atom. The third-order valence-corrected chi connectivity index (χ3v) is 6.69. The fourth-order valence-electron chi connectivity index (χ4n) is 3.89. The number of carbonyl (C=O) groups excluding carboxylic acids is 2. The van der Waals surface area contributed by atoms with Gasteiger partial charge in [0.15, 0.2) is 5.16 Å². The highest BCUT2D eigenvalue weighted by Gasteiger charge is 2.18. The summed E-state index contributed by atoms with van der Waals surface area (Å²) in [5.41, 5.74) is 6.83. The lowest BCUT2D eigenvalue weighted by atomic mass is 10.0. The maximum atomic E-state index is 12.8. The van der Waals surface area contributed by atoms with Crippen molar-refractivity contribution in [3.63, 3.8) is 0 Å². The number of esters is 1. The Morgan fingerprint density at radius 3 is 2.53 bits per heavy atom. The van der Waals surface area contributed by atoms with Crippen LogP contribution in [0.25, 0.3) is 16.7 Å². The van der Waals surface area contributed by atoms with Gasteiger partial charge in [0.2, 0.25) is 5.91 Å². The largest absolute Gasteiger partial charge is 0.427 e. The predicted octanol–water partition coefficient (Wildman–Crippen LogP) is 5.76. The van der Waals surface area contributed by atoms with Gasteiger partial charge in [-0.15, -0.1) is 0 Å². The molecule has 0 atom stereocenters. The van der Waals surface area contributed by atoms with Crippen molar-refractivity contribution in [3.8, 4) is 11.4 Å². The minimum Gasteiger partial charge on any atom is -0.427 e. The number of carbonyl (C=O) groups is 2. The molecule has 0 saturated carbocycles. The third-order valence-electron chi connectivity index (χ3n) is 5.09. The number of halogens is 1. The third kappa shape index (κ3) is 5.15. The van der Waals surface area contributed by atoms with Crippen LogP contribution in [0.2, 0.25) is 0 Å². The van der Waals surface area contributed by atoms with Crippen molar-refractivity contribution in [2.75, 3.05) is 11.1 Å². The van der Waals surface area contributed by atoms with Crippen LogP contribution in [-0.2, 0) is 9.59 Å². The number of pyridine rings is 1. The van der Waals surface area contributed by atoms with E-state index in [4.69, 9.17) is 9.72 Å². The van der Waals surface area contributed by atoms with E-state index in [1.807, 2.05) is 6.07 Å². The monoisotopic (exact) mass is 538 g/mol. The first-order chi connectivity index (χ1) is 16.2. The van der Waals surface area contributed by atoms with Gasteiger partial charge in [0.25, 0.3) is 0 Å². The van der Waals surface area contributed by atoms with Crippen LogP contribution >= 0.6 is 27.7 Å². The second-order valence-electron chi connectivity index (χ2n) is 7.91. The Labute approximate surface area is 210 Å². The lowest BCUT2D eigenvalue weighted by Gasteiger charge is -2.16. The first kappa shape index (κ1) is 24.0. The standard InChI is InChI=1S/C25H23BrN4O3S/c1-14-9-15(2)24(16(3)10-14)30-22-7-8-27-12-21(22)29-25(30)34-13-23(32)28-20-6-5-18(11-19(20)26)33-17(4)31/h5-12H,13H2,1-4H3,(H,28,32). The minimum absolute atomic E-state index is 0.166. The van der Waals surface area contributed by atoms with Crippen LogP contribution < -0.4 is 10.1 Å². The van der Waals surface area contributed by atoms with E-state index < -0.39 is 5.97 Å². The Bertz CT molecular complexity index is 1390. The predicted molar refractivity (Wildman–Crippen MR) is 138 cm³/mol. The molecule has 0 spiro atoms. The number of fused-ring (bicyclic) bond motifs is 1. The number of rotatable bonds is 6. The van der Waals surface area contributed by atoms with E-state index in [-0.39, 0.29) is 11.7 Å². The summed E-state index contributed by atoms with van der Waals surface area (Å²) >= 11 is 4.77. The molecule has 0 aliphatic carbocycles. The Kier molecular flexibility index (Phi) is 7.04. The van der Waals surface area contributed by atoms with E-state index in [9.17, 15) is 9.59 Å². The zero-order valence-electron chi connectivity index (χ0n) is 19.2. The average molecular weight is 539 g/mol. The smallest absolute Gasteiger partial charge is 0.308 e. The molecule has 9 heteroatoms. The quantitative estimate of drug-likeness (QED) is 0.190. The number of ether oxygens (including phenoxy) is 1. The van der Waals surface area contributed by atoms with E-state index in [0.29, 0.717) is 15.9 Å². The molecule has 0 bridgehead atoms. The molecule has 0 fully saturated rings. The number of nitrogens with one attached hydrogen (secondary N) is 1. The number of hydrogen-bond donors (Lipinski definition) is 1. The number of benzene rings is 2. The molecule has 0 unspecified atom stereocenters. The highest BCUT2D eigenvalue weighted by atomic mass is 79.9. The van der Waals surface area contributed by atoms with Crippen molar-refractivity contribution in [1.82, 2.24) is 14.5 Å². The molecular formula is C25H23BrN4O3S. The summed E-state index contributed by atoms with van der Waals surface area (Å²) < 4.78 is 7.79. The van der Waals surface area contributed by atoms with Gasteiger partial charge in [0.1, 0.15) is 11.3 Å². The van der Waals surface area contributed by atoms with E-state index in [0.717, 1.165) is 33.0 Å². The van der Waals surface area contributed by atoms with Gasteiger partial charge in [-0.25, -0.2) is 4.98 Å². The van der Waals surface area contributed by atoms with Crippen LogP contribution in [0.5, 0.6) is 5.75 Å². The molecule has 4 rings (SSSR count). The first-order valence-electron chi connectivity index (χ1n) is 10.5. The SMILES string of the molecule is CC(=O)Oc1ccc(NC(=O)CSc2nc3cnccc3n2-c2c(C)cc(C)cc2C)c(Br)c1. The van der Waals surface area contributed by atoms with Crippen molar-refractivity contribution < 1.29 is 14.3 Å². The number of aromatic nitrogens is 3. The molecule has 1 amide bonds. The highest BCUT2D eigenvalue weighted by molar-refractivity contribution is 9.10. The molecule has 7 nitrogen and oxygen atoms in total. The summed E-state index contributed by atoms with van der Waals surface area (Å²) in [4.78, 5) is 32.9. The Balaban J connectivity index is 1.58. The number of amides is 1.